The average molecular weight is 625 g/mol. The van der Waals surface area contributed by atoms with E-state index in [9.17, 15) is 21.6 Å². The van der Waals surface area contributed by atoms with Crippen LogP contribution in [-0.4, -0.2) is 33.0 Å². The normalized spacial score (nSPS) is 24.0. The number of alkyl halides is 3. The van der Waals surface area contributed by atoms with Gasteiger partial charge in [-0.2, -0.15) is 21.6 Å². The van der Waals surface area contributed by atoms with Crippen molar-refractivity contribution >= 4 is 10.1 Å². The van der Waals surface area contributed by atoms with Crippen LogP contribution in [0, 0.1) is 0 Å². The second-order valence-electron chi connectivity index (χ2n) is 12.5. The Morgan fingerprint density at radius 1 is 0.727 bits per heavy atom. The van der Waals surface area contributed by atoms with Gasteiger partial charge in [0.25, 0.3) is 0 Å². The number of fused-ring (bicyclic) bond motifs is 8. The number of rotatable bonds is 2. The molecule has 11 heteroatoms. The van der Waals surface area contributed by atoms with Crippen molar-refractivity contribution in [1.82, 2.24) is 19.1 Å². The Morgan fingerprint density at radius 2 is 1.27 bits per heavy atom. The molecule has 2 aliphatic heterocycles. The summed E-state index contributed by atoms with van der Waals surface area (Å²) in [7, 11) is -5.69. The second kappa shape index (κ2) is 10.8. The predicted octanol–water partition coefficient (Wildman–Crippen LogP) is 6.83. The minimum Gasteiger partial charge on any atom is -0.376 e. The van der Waals surface area contributed by atoms with Crippen molar-refractivity contribution in [2.75, 3.05) is 0 Å². The van der Waals surface area contributed by atoms with Crippen LogP contribution in [0.3, 0.4) is 0 Å². The largest absolute Gasteiger partial charge is 0.534 e. The summed E-state index contributed by atoms with van der Waals surface area (Å²) in [6, 6.07) is 13.5. The van der Waals surface area contributed by atoms with Gasteiger partial charge in [0.05, 0.1) is 12.7 Å². The third kappa shape index (κ3) is 4.74. The summed E-state index contributed by atoms with van der Waals surface area (Å²) in [5, 5.41) is 0. The molecule has 0 saturated heterocycles. The van der Waals surface area contributed by atoms with Crippen molar-refractivity contribution in [2.24, 2.45) is 0 Å². The lowest BCUT2D eigenvalue weighted by Crippen LogP contribution is -2.37. The molecule has 232 valence electrons. The molecule has 4 heterocycles. The Balaban J connectivity index is 0.000000151. The molecule has 0 N–H and O–H groups in total. The fourth-order valence-corrected chi connectivity index (χ4v) is 8.74. The fraction of sp³-hybridized carbons (Fsp3) is 0.455. The van der Waals surface area contributed by atoms with Crippen molar-refractivity contribution < 1.29 is 25.8 Å². The molecule has 2 atom stereocenters. The first-order valence-corrected chi connectivity index (χ1v) is 16.8. The Bertz CT molecular complexity index is 1790. The molecule has 0 bridgehead atoms. The number of imidazole rings is 2. The van der Waals surface area contributed by atoms with E-state index in [2.05, 4.69) is 53.7 Å². The number of hydrogen-bond donors (Lipinski definition) is 0. The van der Waals surface area contributed by atoms with Crippen LogP contribution in [0.4, 0.5) is 13.2 Å². The molecular weight excluding hydrogens is 589 g/mol. The lowest BCUT2D eigenvalue weighted by atomic mass is 9.64. The summed E-state index contributed by atoms with van der Waals surface area (Å²) < 4.78 is 69.4. The van der Waals surface area contributed by atoms with Crippen molar-refractivity contribution in [3.8, 4) is 5.75 Å². The number of aromatic nitrogens is 4. The highest BCUT2D eigenvalue weighted by molar-refractivity contribution is 7.88. The van der Waals surface area contributed by atoms with Crippen LogP contribution >= 0.6 is 0 Å². The molecule has 44 heavy (non-hydrogen) atoms. The lowest BCUT2D eigenvalue weighted by molar-refractivity contribution is -0.0500. The lowest BCUT2D eigenvalue weighted by Gasteiger charge is -2.42. The van der Waals surface area contributed by atoms with Gasteiger partial charge in [-0.1, -0.05) is 30.3 Å². The third-order valence-electron chi connectivity index (χ3n) is 10.1. The molecule has 8 rings (SSSR count). The molecule has 4 aromatic rings. The number of benzene rings is 2. The van der Waals surface area contributed by atoms with Gasteiger partial charge in [-0.3, -0.25) is 0 Å². The molecule has 0 radical (unpaired) electrons. The van der Waals surface area contributed by atoms with E-state index in [0.29, 0.717) is 0 Å². The molecule has 0 amide bonds. The maximum Gasteiger partial charge on any atom is 0.534 e. The molecule has 2 unspecified atom stereocenters. The van der Waals surface area contributed by atoms with E-state index < -0.39 is 15.6 Å². The zero-order valence-corrected chi connectivity index (χ0v) is 25.2. The minimum atomic E-state index is -5.69. The van der Waals surface area contributed by atoms with Crippen LogP contribution in [-0.2, 0) is 46.9 Å². The van der Waals surface area contributed by atoms with E-state index in [1.165, 1.54) is 49.9 Å². The molecular formula is C33H35F3N4O3S. The molecule has 2 aliphatic carbocycles. The van der Waals surface area contributed by atoms with E-state index in [1.807, 2.05) is 6.33 Å². The fourth-order valence-electron chi connectivity index (χ4n) is 8.29. The average Bonchev–Trinajstić information content (AvgIpc) is 3.69. The maximum atomic E-state index is 12.6. The topological polar surface area (TPSA) is 79.0 Å². The molecule has 4 aliphatic rings. The van der Waals surface area contributed by atoms with Gasteiger partial charge in [0.1, 0.15) is 5.75 Å². The van der Waals surface area contributed by atoms with Crippen LogP contribution in [0.1, 0.15) is 85.0 Å². The van der Waals surface area contributed by atoms with E-state index >= 15 is 0 Å². The second-order valence-corrected chi connectivity index (χ2v) is 14.0. The van der Waals surface area contributed by atoms with Gasteiger partial charge in [0.2, 0.25) is 0 Å². The highest BCUT2D eigenvalue weighted by Crippen LogP contribution is 2.50. The van der Waals surface area contributed by atoms with Crippen LogP contribution in [0.25, 0.3) is 0 Å². The highest BCUT2D eigenvalue weighted by atomic mass is 32.2. The summed E-state index contributed by atoms with van der Waals surface area (Å²) in [5.74, 6) is -0.306. The van der Waals surface area contributed by atoms with Gasteiger partial charge in [-0.25, -0.2) is 9.97 Å². The number of nitrogens with zero attached hydrogens (tertiary/aromatic N) is 4. The Labute approximate surface area is 255 Å². The molecule has 0 saturated carbocycles. The van der Waals surface area contributed by atoms with Gasteiger partial charge in [-0.15, -0.1) is 0 Å². The van der Waals surface area contributed by atoms with Crippen LogP contribution in [0.5, 0.6) is 5.75 Å². The van der Waals surface area contributed by atoms with Crippen molar-refractivity contribution in [3.63, 3.8) is 0 Å². The van der Waals surface area contributed by atoms with Gasteiger partial charge in [0, 0.05) is 47.7 Å². The van der Waals surface area contributed by atoms with Crippen LogP contribution in [0.15, 0.2) is 67.5 Å². The van der Waals surface area contributed by atoms with Crippen LogP contribution in [0.2, 0.25) is 0 Å². The van der Waals surface area contributed by atoms with E-state index in [-0.39, 0.29) is 16.6 Å². The Morgan fingerprint density at radius 3 is 1.89 bits per heavy atom. The predicted molar refractivity (Wildman–Crippen MR) is 159 cm³/mol. The van der Waals surface area contributed by atoms with E-state index in [4.69, 9.17) is 0 Å². The summed E-state index contributed by atoms with van der Waals surface area (Å²) in [4.78, 5) is 8.62. The van der Waals surface area contributed by atoms with E-state index in [1.54, 1.807) is 29.7 Å². The molecule has 2 aromatic carbocycles. The quantitative estimate of drug-likeness (QED) is 0.181. The summed E-state index contributed by atoms with van der Waals surface area (Å²) >= 11 is 0. The zero-order chi connectivity index (χ0) is 30.6. The van der Waals surface area contributed by atoms with Crippen molar-refractivity contribution in [3.05, 3.63) is 101 Å². The smallest absolute Gasteiger partial charge is 0.376 e. The van der Waals surface area contributed by atoms with Crippen molar-refractivity contribution in [2.45, 2.75) is 93.6 Å². The first kappa shape index (κ1) is 29.1. The summed E-state index contributed by atoms with van der Waals surface area (Å²) in [5.41, 5.74) is 1.90. The number of hydrogen-bond acceptors (Lipinski definition) is 5. The third-order valence-corrected chi connectivity index (χ3v) is 11.1. The van der Waals surface area contributed by atoms with Gasteiger partial charge in [0.15, 0.2) is 0 Å². The maximum absolute atomic E-state index is 12.6. The Hall–Kier alpha value is -3.60. The summed E-state index contributed by atoms with van der Waals surface area (Å²) in [6.45, 7) is 1.99. The van der Waals surface area contributed by atoms with Crippen molar-refractivity contribution in [1.29, 1.82) is 0 Å². The SMILES string of the molecule is O=S(=O)(Oc1ccc2c(c1)C1(CCC2)CCCn2cncc21)C(F)(F)F.c1ccc2c(c1)CCCC21CCCn2cncc21. The number of aryl methyl sites for hydroxylation is 4. The zero-order valence-electron chi connectivity index (χ0n) is 24.4. The molecule has 2 aromatic heterocycles. The summed E-state index contributed by atoms with van der Waals surface area (Å²) in [6.07, 6.45) is 18.5. The molecule has 2 spiro atoms. The van der Waals surface area contributed by atoms with Gasteiger partial charge < -0.3 is 13.3 Å². The standard InChI is InChI=1S/C17H17F3N2O3S.C16H18N2/c18-17(19,20)26(23,24)25-13-5-4-12-3-1-6-16(14(12)9-13)7-2-8-22-11-21-10-15(16)22;1-2-7-14-13(5-1)6-3-8-16(14)9-4-10-18-12-17-11-15(16)18/h4-5,9-11H,1-3,6-8H2;1-2,5,7,11-12H,3-4,6,8-10H2. The first-order valence-electron chi connectivity index (χ1n) is 15.4. The van der Waals surface area contributed by atoms with Crippen LogP contribution < -0.4 is 4.18 Å². The first-order chi connectivity index (χ1) is 21.1. The molecule has 0 fully saturated rings. The molecule has 7 nitrogen and oxygen atoms in total. The van der Waals surface area contributed by atoms with Gasteiger partial charge >= 0.3 is 15.6 Å². The van der Waals surface area contributed by atoms with E-state index in [0.717, 1.165) is 62.0 Å². The monoisotopic (exact) mass is 624 g/mol. The number of halogens is 3. The Kier molecular flexibility index (Phi) is 7.14. The highest BCUT2D eigenvalue weighted by Gasteiger charge is 2.49. The minimum absolute atomic E-state index is 0.254. The van der Waals surface area contributed by atoms with Gasteiger partial charge in [-0.05, 0) is 98.6 Å².